The minimum atomic E-state index is -0.335. The van der Waals surface area contributed by atoms with E-state index in [0.29, 0.717) is 5.56 Å². The molecule has 4 nitrogen and oxygen atoms in total. The maximum absolute atomic E-state index is 12.4. The summed E-state index contributed by atoms with van der Waals surface area (Å²) in [4.78, 5) is 12.4. The number of carbonyl (C=O) groups excluding carboxylic acids is 1. The Morgan fingerprint density at radius 2 is 1.70 bits per heavy atom. The summed E-state index contributed by atoms with van der Waals surface area (Å²) in [5.74, 6) is 0.667. The first kappa shape index (κ1) is 13.6. The summed E-state index contributed by atoms with van der Waals surface area (Å²) >= 11 is 0. The van der Waals surface area contributed by atoms with Crippen LogP contribution in [0.1, 0.15) is 22.1 Å². The van der Waals surface area contributed by atoms with E-state index in [0.717, 1.165) is 27.8 Å². The van der Waals surface area contributed by atoms with E-state index in [1.807, 2.05) is 54.6 Å². The van der Waals surface area contributed by atoms with Crippen LogP contribution in [-0.4, -0.2) is 13.0 Å². The van der Waals surface area contributed by atoms with Gasteiger partial charge in [0.1, 0.15) is 11.9 Å². The summed E-state index contributed by atoms with van der Waals surface area (Å²) in [5, 5.41) is 8.59. The van der Waals surface area contributed by atoms with Crippen molar-refractivity contribution < 1.29 is 9.53 Å². The molecule has 23 heavy (non-hydrogen) atoms. The summed E-state index contributed by atoms with van der Waals surface area (Å²) in [7, 11) is 1.65. The third kappa shape index (κ3) is 2.19. The number of ether oxygens (including phenoxy) is 1. The summed E-state index contributed by atoms with van der Waals surface area (Å²) in [6.07, 6.45) is -0.335. The molecule has 114 valence electrons. The maximum Gasteiger partial charge on any atom is 0.255 e. The van der Waals surface area contributed by atoms with Gasteiger partial charge in [-0.3, -0.25) is 4.79 Å². The van der Waals surface area contributed by atoms with E-state index in [9.17, 15) is 4.79 Å². The van der Waals surface area contributed by atoms with Crippen LogP contribution in [0.5, 0.6) is 5.75 Å². The lowest BCUT2D eigenvalue weighted by Gasteiger charge is -2.30. The van der Waals surface area contributed by atoms with E-state index in [4.69, 9.17) is 4.74 Å². The quantitative estimate of drug-likeness (QED) is 0.759. The van der Waals surface area contributed by atoms with Crippen molar-refractivity contribution in [3.8, 4) is 5.75 Å². The Hall–Kier alpha value is -3.01. The van der Waals surface area contributed by atoms with Gasteiger partial charge in [-0.05, 0) is 29.0 Å². The monoisotopic (exact) mass is 304 g/mol. The predicted molar refractivity (Wildman–Crippen MR) is 90.8 cm³/mol. The Balaban J connectivity index is 1.88. The molecule has 0 fully saturated rings. The number of amides is 1. The minimum Gasteiger partial charge on any atom is -0.496 e. The van der Waals surface area contributed by atoms with Crippen LogP contribution in [-0.2, 0) is 0 Å². The number of hydrogen-bond donors (Lipinski definition) is 2. The fourth-order valence-electron chi connectivity index (χ4n) is 3.10. The lowest BCUT2D eigenvalue weighted by molar-refractivity contribution is 0.0935. The van der Waals surface area contributed by atoms with Crippen LogP contribution in [0.2, 0.25) is 0 Å². The van der Waals surface area contributed by atoms with Gasteiger partial charge in [-0.25, -0.2) is 0 Å². The lowest BCUT2D eigenvalue weighted by atomic mass is 9.99. The van der Waals surface area contributed by atoms with Gasteiger partial charge in [-0.2, -0.15) is 0 Å². The molecule has 1 atom stereocenters. The molecule has 1 unspecified atom stereocenters. The molecule has 3 aromatic rings. The van der Waals surface area contributed by atoms with E-state index in [-0.39, 0.29) is 12.1 Å². The minimum absolute atomic E-state index is 0.0839. The Morgan fingerprint density at radius 3 is 2.57 bits per heavy atom. The van der Waals surface area contributed by atoms with Gasteiger partial charge in [0.2, 0.25) is 0 Å². The highest BCUT2D eigenvalue weighted by Gasteiger charge is 2.27. The number of carbonyl (C=O) groups is 1. The Kier molecular flexibility index (Phi) is 3.15. The fraction of sp³-hybridized carbons (Fsp3) is 0.105. The first-order chi connectivity index (χ1) is 11.3. The molecule has 1 heterocycles. The van der Waals surface area contributed by atoms with Crippen LogP contribution >= 0.6 is 0 Å². The molecule has 1 amide bonds. The van der Waals surface area contributed by atoms with Gasteiger partial charge >= 0.3 is 0 Å². The number of fused-ring (bicyclic) bond motifs is 2. The molecule has 0 saturated carbocycles. The van der Waals surface area contributed by atoms with Crippen molar-refractivity contribution in [2.24, 2.45) is 0 Å². The van der Waals surface area contributed by atoms with Crippen LogP contribution in [0.3, 0.4) is 0 Å². The first-order valence-corrected chi connectivity index (χ1v) is 7.50. The Bertz CT molecular complexity index is 905. The third-order valence-electron chi connectivity index (χ3n) is 4.19. The summed E-state index contributed by atoms with van der Waals surface area (Å²) in [6.45, 7) is 0. The molecule has 0 aromatic heterocycles. The van der Waals surface area contributed by atoms with E-state index >= 15 is 0 Å². The van der Waals surface area contributed by atoms with Crippen molar-refractivity contribution in [2.75, 3.05) is 12.4 Å². The normalized spacial score (nSPS) is 16.4. The Morgan fingerprint density at radius 1 is 0.913 bits per heavy atom. The van der Waals surface area contributed by atoms with E-state index in [2.05, 4.69) is 16.7 Å². The maximum atomic E-state index is 12.4. The zero-order valence-corrected chi connectivity index (χ0v) is 12.7. The van der Waals surface area contributed by atoms with Gasteiger partial charge in [-0.1, -0.05) is 42.5 Å². The van der Waals surface area contributed by atoms with Gasteiger partial charge in [0.05, 0.1) is 12.7 Å². The average Bonchev–Trinajstić information content (AvgIpc) is 2.60. The molecule has 0 spiro atoms. The molecule has 1 aliphatic rings. The molecule has 0 saturated heterocycles. The van der Waals surface area contributed by atoms with Crippen molar-refractivity contribution in [1.29, 1.82) is 0 Å². The topological polar surface area (TPSA) is 50.4 Å². The number of anilines is 1. The fourth-order valence-corrected chi connectivity index (χ4v) is 3.10. The highest BCUT2D eigenvalue weighted by atomic mass is 16.5. The van der Waals surface area contributed by atoms with E-state index < -0.39 is 0 Å². The number of para-hydroxylation sites is 1. The predicted octanol–water partition coefficient (Wildman–Crippen LogP) is 3.70. The molecule has 0 aliphatic carbocycles. The van der Waals surface area contributed by atoms with Gasteiger partial charge in [-0.15, -0.1) is 0 Å². The largest absolute Gasteiger partial charge is 0.496 e. The van der Waals surface area contributed by atoms with Crippen LogP contribution in [0.15, 0.2) is 60.7 Å². The van der Waals surface area contributed by atoms with Crippen LogP contribution in [0.25, 0.3) is 10.8 Å². The average molecular weight is 304 g/mol. The third-order valence-corrected chi connectivity index (χ3v) is 4.19. The number of hydrogen-bond acceptors (Lipinski definition) is 3. The molecule has 2 N–H and O–H groups in total. The van der Waals surface area contributed by atoms with Crippen LogP contribution in [0.4, 0.5) is 5.69 Å². The second kappa shape index (κ2) is 5.32. The van der Waals surface area contributed by atoms with Gasteiger partial charge < -0.3 is 15.4 Å². The SMILES string of the molecule is COc1ccc2ccccc2c1C1NC(=O)c2ccccc2N1. The zero-order chi connectivity index (χ0) is 15.8. The standard InChI is InChI=1S/C19H16N2O2/c1-23-16-11-10-12-6-2-3-7-13(12)17(16)18-20-15-9-5-4-8-14(15)19(22)21-18/h2-11,18,20H,1H3,(H,21,22). The molecule has 4 rings (SSSR count). The molecule has 0 radical (unpaired) electrons. The van der Waals surface area contributed by atoms with Crippen molar-refractivity contribution in [2.45, 2.75) is 6.17 Å². The second-order valence-electron chi connectivity index (χ2n) is 5.50. The number of methoxy groups -OCH3 is 1. The Labute approximate surface area is 134 Å². The van der Waals surface area contributed by atoms with E-state index in [1.54, 1.807) is 7.11 Å². The smallest absolute Gasteiger partial charge is 0.255 e. The molecule has 3 aromatic carbocycles. The zero-order valence-electron chi connectivity index (χ0n) is 12.7. The van der Waals surface area contributed by atoms with Crippen molar-refractivity contribution in [1.82, 2.24) is 5.32 Å². The molecular weight excluding hydrogens is 288 g/mol. The van der Waals surface area contributed by atoms with Gasteiger partial charge in [0.25, 0.3) is 5.91 Å². The number of benzene rings is 3. The second-order valence-corrected chi connectivity index (χ2v) is 5.50. The molecule has 0 bridgehead atoms. The van der Waals surface area contributed by atoms with Crippen molar-refractivity contribution in [3.05, 3.63) is 71.8 Å². The summed E-state index contributed by atoms with van der Waals surface area (Å²) in [5.41, 5.74) is 2.42. The van der Waals surface area contributed by atoms with Crippen LogP contribution < -0.4 is 15.4 Å². The summed E-state index contributed by atoms with van der Waals surface area (Å²) in [6, 6.07) is 19.6. The van der Waals surface area contributed by atoms with Crippen molar-refractivity contribution in [3.63, 3.8) is 0 Å². The first-order valence-electron chi connectivity index (χ1n) is 7.50. The highest BCUT2D eigenvalue weighted by molar-refractivity contribution is 6.02. The molecular formula is C19H16N2O2. The summed E-state index contributed by atoms with van der Waals surface area (Å²) < 4.78 is 5.54. The van der Waals surface area contributed by atoms with Gasteiger partial charge in [0.15, 0.2) is 0 Å². The molecule has 4 heteroatoms. The van der Waals surface area contributed by atoms with E-state index in [1.165, 1.54) is 0 Å². The highest BCUT2D eigenvalue weighted by Crippen LogP contribution is 2.36. The molecule has 1 aliphatic heterocycles. The van der Waals surface area contributed by atoms with Crippen molar-refractivity contribution >= 4 is 22.4 Å². The number of rotatable bonds is 2. The number of nitrogens with one attached hydrogen (secondary N) is 2. The van der Waals surface area contributed by atoms with Crippen LogP contribution in [0, 0.1) is 0 Å². The lowest BCUT2D eigenvalue weighted by Crippen LogP contribution is -2.38. The van der Waals surface area contributed by atoms with Gasteiger partial charge in [0, 0.05) is 11.3 Å².